The van der Waals surface area contributed by atoms with Gasteiger partial charge in [0, 0.05) is 60.0 Å². The van der Waals surface area contributed by atoms with Crippen molar-refractivity contribution in [2.45, 2.75) is 109 Å². The first-order valence-electron chi connectivity index (χ1n) is 21.7. The van der Waals surface area contributed by atoms with Gasteiger partial charge in [-0.05, 0) is 126 Å². The second-order valence-electron chi connectivity index (χ2n) is 17.5. The number of aliphatic carboxylic acids is 1. The number of amides is 5. The summed E-state index contributed by atoms with van der Waals surface area (Å²) in [6.07, 6.45) is -2.43. The number of nitrogens with zero attached hydrogens (tertiary/aromatic N) is 5. The molecule has 1 aliphatic heterocycles. The van der Waals surface area contributed by atoms with Gasteiger partial charge in [0.1, 0.15) is 17.3 Å². The van der Waals surface area contributed by atoms with E-state index in [2.05, 4.69) is 46.9 Å². The molecule has 1 saturated carbocycles. The molecule has 3 heterocycles. The van der Waals surface area contributed by atoms with Crippen LogP contribution < -0.4 is 21.3 Å². The number of benzene rings is 2. The minimum Gasteiger partial charge on any atom is -0.475 e. The number of hydrogen-bond donors (Lipinski definition) is 7. The number of carbonyl (C=O) groups is 6. The number of carbonyl (C=O) groups excluding carboxylic acids is 4. The zero-order chi connectivity index (χ0) is 49.1. The first-order valence-corrected chi connectivity index (χ1v) is 21.7. The normalized spacial score (nSPS) is 18.8. The molecule has 3 atom stereocenters. The Balaban J connectivity index is 0.00000111. The summed E-state index contributed by atoms with van der Waals surface area (Å²) in [5, 5.41) is 42.3. The highest BCUT2D eigenvalue weighted by Crippen LogP contribution is 2.30. The fourth-order valence-corrected chi connectivity index (χ4v) is 7.78. The van der Waals surface area contributed by atoms with Gasteiger partial charge < -0.3 is 41.1 Å². The summed E-state index contributed by atoms with van der Waals surface area (Å²) in [4.78, 5) is 79.2. The summed E-state index contributed by atoms with van der Waals surface area (Å²) in [6.45, 7) is 9.95. The van der Waals surface area contributed by atoms with Gasteiger partial charge >= 0.3 is 24.3 Å². The van der Waals surface area contributed by atoms with Gasteiger partial charge in [0.25, 0.3) is 5.91 Å². The number of carboxylic acid groups (broad SMARTS) is 2. The highest BCUT2D eigenvalue weighted by molar-refractivity contribution is 5.98. The number of rotatable bonds is 12. The maximum Gasteiger partial charge on any atom is 0.490 e. The van der Waals surface area contributed by atoms with Crippen LogP contribution >= 0.6 is 0 Å². The number of tetrazole rings is 1. The van der Waals surface area contributed by atoms with Crippen molar-refractivity contribution in [1.82, 2.24) is 46.5 Å². The molecule has 2 aliphatic rings. The lowest BCUT2D eigenvalue weighted by Crippen LogP contribution is -2.50. The minimum atomic E-state index is -5.08. The predicted molar refractivity (Wildman–Crippen MR) is 236 cm³/mol. The van der Waals surface area contributed by atoms with E-state index in [1.807, 2.05) is 65.0 Å². The van der Waals surface area contributed by atoms with Crippen LogP contribution in [0.25, 0.3) is 22.5 Å². The fraction of sp³-hybridized carbons (Fsp3) is 0.467. The van der Waals surface area contributed by atoms with Crippen LogP contribution in [0, 0.1) is 18.8 Å². The Kier molecular flexibility index (Phi) is 17.0. The van der Waals surface area contributed by atoms with Crippen LogP contribution in [0.2, 0.25) is 0 Å². The van der Waals surface area contributed by atoms with Gasteiger partial charge in [0.05, 0.1) is 0 Å². The monoisotopic (exact) mass is 936 g/mol. The number of nitrogens with one attached hydrogen (secondary N) is 5. The molecule has 0 bridgehead atoms. The van der Waals surface area contributed by atoms with Gasteiger partial charge in [-0.15, -0.1) is 10.2 Å². The van der Waals surface area contributed by atoms with Gasteiger partial charge in [0.2, 0.25) is 17.6 Å². The van der Waals surface area contributed by atoms with E-state index in [1.54, 1.807) is 30.3 Å². The average molecular weight is 937 g/mol. The number of ether oxygens (including phenoxy) is 1. The molecule has 2 fully saturated rings. The molecule has 0 spiro atoms. The molecule has 1 aliphatic carbocycles. The van der Waals surface area contributed by atoms with Crippen LogP contribution in [0.1, 0.15) is 88.0 Å². The Morgan fingerprint density at radius 1 is 0.896 bits per heavy atom. The lowest BCUT2D eigenvalue weighted by molar-refractivity contribution is -0.192. The quantitative estimate of drug-likeness (QED) is 0.0844. The number of aromatic amines is 1. The third-order valence-electron chi connectivity index (χ3n) is 11.3. The molecule has 19 nitrogen and oxygen atoms in total. The molecule has 4 aromatic rings. The van der Waals surface area contributed by atoms with Gasteiger partial charge in [0.15, 0.2) is 0 Å². The van der Waals surface area contributed by atoms with E-state index in [4.69, 9.17) is 14.6 Å². The van der Waals surface area contributed by atoms with Gasteiger partial charge in [-0.25, -0.2) is 19.4 Å². The molecular weight excluding hydrogens is 882 g/mol. The number of aromatic nitrogens is 5. The molecule has 5 amide bonds. The molecule has 2 aromatic carbocycles. The number of anilines is 1. The molecule has 1 saturated heterocycles. The van der Waals surface area contributed by atoms with Crippen molar-refractivity contribution in [1.29, 1.82) is 0 Å². The van der Waals surface area contributed by atoms with Crippen LogP contribution in [0.4, 0.5) is 28.4 Å². The van der Waals surface area contributed by atoms with E-state index >= 15 is 0 Å². The highest BCUT2D eigenvalue weighted by Gasteiger charge is 2.38. The number of aryl methyl sites for hydroxylation is 1. The van der Waals surface area contributed by atoms with Gasteiger partial charge in [-0.3, -0.25) is 14.4 Å². The smallest absolute Gasteiger partial charge is 0.475 e. The van der Waals surface area contributed by atoms with Crippen molar-refractivity contribution in [3.63, 3.8) is 0 Å². The van der Waals surface area contributed by atoms with Crippen LogP contribution in [-0.4, -0.2) is 120 Å². The third kappa shape index (κ3) is 15.2. The molecule has 2 aromatic heterocycles. The summed E-state index contributed by atoms with van der Waals surface area (Å²) < 4.78 is 37.1. The Bertz CT molecular complexity index is 2350. The molecule has 0 unspecified atom stereocenters. The first-order chi connectivity index (χ1) is 31.6. The minimum absolute atomic E-state index is 0.147. The largest absolute Gasteiger partial charge is 0.490 e. The van der Waals surface area contributed by atoms with Crippen LogP contribution in [-0.2, 0) is 25.5 Å². The maximum atomic E-state index is 13.9. The highest BCUT2D eigenvalue weighted by atomic mass is 19.4. The SMILES string of the molecule is Cc1nc(C(=O)N[C@@H]2CCN(C(=O)O)[C@H](C)C2)ccc1-c1ccc(C[C@H](NC(=O)[C@H]2CC[C@H](CNC(=O)OC(C)(C)C)CC2)C(=O)Nc2ccc(-c3nn[nH]n3)cc2)cc1.O=C(O)C(F)(F)F. The van der Waals surface area contributed by atoms with Crippen molar-refractivity contribution in [2.24, 2.45) is 11.8 Å². The van der Waals surface area contributed by atoms with E-state index in [0.29, 0.717) is 56.0 Å². The number of hydrogen-bond acceptors (Lipinski definition) is 11. The molecular formula is C45H55F3N10O9. The van der Waals surface area contributed by atoms with Crippen LogP contribution in [0.5, 0.6) is 0 Å². The number of alkyl halides is 3. The topological polar surface area (TPSA) is 271 Å². The number of halogens is 3. The summed E-state index contributed by atoms with van der Waals surface area (Å²) in [6, 6.07) is 17.0. The molecule has 360 valence electrons. The number of piperidine rings is 1. The molecule has 6 rings (SSSR count). The zero-order valence-electron chi connectivity index (χ0n) is 37.6. The number of H-pyrrole nitrogens is 1. The number of pyridine rings is 1. The Morgan fingerprint density at radius 3 is 2.09 bits per heavy atom. The fourth-order valence-electron chi connectivity index (χ4n) is 7.78. The summed E-state index contributed by atoms with van der Waals surface area (Å²) >= 11 is 0. The molecule has 7 N–H and O–H groups in total. The Morgan fingerprint density at radius 2 is 1.54 bits per heavy atom. The van der Waals surface area contributed by atoms with E-state index in [-0.39, 0.29) is 53.8 Å². The maximum absolute atomic E-state index is 13.9. The van der Waals surface area contributed by atoms with Crippen molar-refractivity contribution in [2.75, 3.05) is 18.4 Å². The predicted octanol–water partition coefficient (Wildman–Crippen LogP) is 6.13. The second kappa shape index (κ2) is 22.4. The zero-order valence-corrected chi connectivity index (χ0v) is 37.6. The van der Waals surface area contributed by atoms with Crippen molar-refractivity contribution < 1.29 is 56.9 Å². The Hall–Kier alpha value is -7.13. The lowest BCUT2D eigenvalue weighted by Gasteiger charge is -2.36. The molecule has 67 heavy (non-hydrogen) atoms. The van der Waals surface area contributed by atoms with E-state index in [0.717, 1.165) is 35.1 Å². The van der Waals surface area contributed by atoms with E-state index < -0.39 is 36.0 Å². The van der Waals surface area contributed by atoms with Gasteiger partial charge in [-0.1, -0.05) is 30.3 Å². The van der Waals surface area contributed by atoms with Crippen molar-refractivity contribution in [3.8, 4) is 22.5 Å². The Labute approximate surface area is 384 Å². The van der Waals surface area contributed by atoms with Crippen LogP contribution in [0.15, 0.2) is 60.7 Å². The van der Waals surface area contributed by atoms with Crippen LogP contribution in [0.3, 0.4) is 0 Å². The summed E-state index contributed by atoms with van der Waals surface area (Å²) in [5.74, 6) is -3.25. The number of alkyl carbamates (subject to hydrolysis) is 1. The molecule has 22 heteroatoms. The summed E-state index contributed by atoms with van der Waals surface area (Å²) in [7, 11) is 0. The first kappa shape index (κ1) is 50.9. The van der Waals surface area contributed by atoms with Crippen molar-refractivity contribution in [3.05, 3.63) is 77.6 Å². The summed E-state index contributed by atoms with van der Waals surface area (Å²) in [5.41, 5.74) is 4.15. The van der Waals surface area contributed by atoms with Gasteiger partial charge in [-0.2, -0.15) is 18.4 Å². The standard InChI is InChI=1S/C43H54N10O7.C2HF3O2/c1-25-22-33(20-21-53(25)42(58)59)47-39(55)35-19-18-34(26(2)45-35)29-10-6-27(7-11-29)23-36(40(56)46-32-16-14-30(15-17-32)37-49-51-52-50-37)48-38(54)31-12-8-28(9-13-31)24-44-41(57)60-43(3,4)5;3-2(4,5)1(6)7/h6-7,10-11,14-19,25,28,31,33,36H,8-9,12-13,20-24H2,1-5H3,(H,44,57)(H,46,56)(H,47,55)(H,48,54)(H,58,59)(H,49,50,51,52);(H,6,7)/t25-,28-,31-,33-,36+;/m1./s1. The average Bonchev–Trinajstić information content (AvgIpc) is 3.81. The number of carboxylic acids is 1. The molecule has 0 radical (unpaired) electrons. The second-order valence-corrected chi connectivity index (χ2v) is 17.5. The number of likely N-dealkylation sites (tertiary alicyclic amines) is 1. The third-order valence-corrected chi connectivity index (χ3v) is 11.3. The lowest BCUT2D eigenvalue weighted by atomic mass is 9.81. The van der Waals surface area contributed by atoms with Crippen molar-refractivity contribution >= 4 is 41.6 Å². The van der Waals surface area contributed by atoms with E-state index in [1.165, 1.54) is 4.90 Å². The van der Waals surface area contributed by atoms with E-state index in [9.17, 15) is 42.3 Å².